The summed E-state index contributed by atoms with van der Waals surface area (Å²) in [6.07, 6.45) is 4.28. The number of guanidine groups is 1. The molecular weight excluding hydrogens is 188 g/mol. The number of hydrogen-bond acceptors (Lipinski definition) is 2. The summed E-state index contributed by atoms with van der Waals surface area (Å²) >= 11 is 0. The summed E-state index contributed by atoms with van der Waals surface area (Å²) in [6.45, 7) is 0. The zero-order chi connectivity index (χ0) is 10.7. The van der Waals surface area contributed by atoms with Gasteiger partial charge in [-0.15, -0.1) is 5.10 Å². The molecule has 1 saturated carbocycles. The molecule has 0 amide bonds. The van der Waals surface area contributed by atoms with Crippen molar-refractivity contribution in [2.75, 3.05) is 0 Å². The maximum absolute atomic E-state index is 5.14. The van der Waals surface area contributed by atoms with E-state index in [0.717, 1.165) is 11.5 Å². The van der Waals surface area contributed by atoms with Crippen LogP contribution in [0.25, 0.3) is 0 Å². The van der Waals surface area contributed by atoms with Crippen LogP contribution in [0.1, 0.15) is 29.9 Å². The van der Waals surface area contributed by atoms with Gasteiger partial charge in [-0.3, -0.25) is 0 Å². The Morgan fingerprint density at radius 2 is 1.87 bits per heavy atom. The minimum atomic E-state index is -0.0270. The van der Waals surface area contributed by atoms with E-state index in [4.69, 9.17) is 11.5 Å². The summed E-state index contributed by atoms with van der Waals surface area (Å²) in [5, 5.41) is 7.28. The summed E-state index contributed by atoms with van der Waals surface area (Å²) in [5.74, 6) is 0.759. The highest BCUT2D eigenvalue weighted by Gasteiger charge is 2.22. The Morgan fingerprint density at radius 3 is 2.40 bits per heavy atom. The Balaban J connectivity index is 2.03. The van der Waals surface area contributed by atoms with Crippen LogP contribution in [0.3, 0.4) is 0 Å². The number of nitrogens with two attached hydrogens (primary N) is 2. The smallest absolute Gasteiger partial charge is 0.211 e. The molecule has 1 fully saturated rings. The zero-order valence-electron chi connectivity index (χ0n) is 8.43. The van der Waals surface area contributed by atoms with Gasteiger partial charge < -0.3 is 11.5 Å². The van der Waals surface area contributed by atoms with E-state index in [1.54, 1.807) is 6.21 Å². The highest BCUT2D eigenvalue weighted by Crippen LogP contribution is 2.39. The van der Waals surface area contributed by atoms with Crippen LogP contribution in [0, 0.1) is 0 Å². The van der Waals surface area contributed by atoms with E-state index in [1.807, 2.05) is 12.1 Å². The lowest BCUT2D eigenvalue weighted by atomic mass is 10.1. The standard InChI is InChI=1S/C11H14N4/c12-11(13)15-14-7-8-1-3-9(4-2-8)10-5-6-10/h1-4,7,10H,5-6H2,(H4,12,13,15). The van der Waals surface area contributed by atoms with E-state index in [-0.39, 0.29) is 5.96 Å². The van der Waals surface area contributed by atoms with E-state index < -0.39 is 0 Å². The Hall–Kier alpha value is -1.84. The lowest BCUT2D eigenvalue weighted by Gasteiger charge is -1.97. The molecule has 78 valence electrons. The molecule has 15 heavy (non-hydrogen) atoms. The van der Waals surface area contributed by atoms with Crippen molar-refractivity contribution in [1.82, 2.24) is 0 Å². The summed E-state index contributed by atoms with van der Waals surface area (Å²) in [4.78, 5) is 0. The largest absolute Gasteiger partial charge is 0.369 e. The average molecular weight is 202 g/mol. The van der Waals surface area contributed by atoms with Crippen molar-refractivity contribution in [3.8, 4) is 0 Å². The van der Waals surface area contributed by atoms with E-state index in [9.17, 15) is 0 Å². The first-order valence-electron chi connectivity index (χ1n) is 4.97. The van der Waals surface area contributed by atoms with Gasteiger partial charge >= 0.3 is 0 Å². The Kier molecular flexibility index (Phi) is 2.67. The van der Waals surface area contributed by atoms with Gasteiger partial charge in [-0.2, -0.15) is 5.10 Å². The maximum atomic E-state index is 5.14. The lowest BCUT2D eigenvalue weighted by molar-refractivity contribution is 1.13. The molecule has 0 aromatic heterocycles. The average Bonchev–Trinajstić information content (AvgIpc) is 3.02. The van der Waals surface area contributed by atoms with Gasteiger partial charge in [0.15, 0.2) is 0 Å². The van der Waals surface area contributed by atoms with Crippen LogP contribution < -0.4 is 11.5 Å². The van der Waals surface area contributed by atoms with E-state index in [2.05, 4.69) is 22.3 Å². The molecule has 0 unspecified atom stereocenters. The molecule has 1 aromatic carbocycles. The highest BCUT2D eigenvalue weighted by atomic mass is 15.3. The zero-order valence-corrected chi connectivity index (χ0v) is 8.43. The van der Waals surface area contributed by atoms with E-state index >= 15 is 0 Å². The van der Waals surface area contributed by atoms with E-state index in [0.29, 0.717) is 0 Å². The molecule has 4 nitrogen and oxygen atoms in total. The number of rotatable bonds is 3. The molecule has 0 heterocycles. The molecule has 4 heteroatoms. The molecule has 2 rings (SSSR count). The van der Waals surface area contributed by atoms with Crippen molar-refractivity contribution in [3.05, 3.63) is 35.4 Å². The number of nitrogens with zero attached hydrogens (tertiary/aromatic N) is 2. The number of hydrogen-bond donors (Lipinski definition) is 2. The second-order valence-corrected chi connectivity index (χ2v) is 3.71. The minimum Gasteiger partial charge on any atom is -0.369 e. The van der Waals surface area contributed by atoms with Crippen LogP contribution in [-0.2, 0) is 0 Å². The van der Waals surface area contributed by atoms with Gasteiger partial charge in [-0.1, -0.05) is 24.3 Å². The summed E-state index contributed by atoms with van der Waals surface area (Å²) in [7, 11) is 0. The minimum absolute atomic E-state index is 0.0270. The van der Waals surface area contributed by atoms with Gasteiger partial charge in [0.2, 0.25) is 5.96 Å². The predicted octanol–water partition coefficient (Wildman–Crippen LogP) is 1.17. The van der Waals surface area contributed by atoms with Gasteiger partial charge in [0.1, 0.15) is 0 Å². The van der Waals surface area contributed by atoms with Crippen molar-refractivity contribution >= 4 is 12.2 Å². The molecular formula is C11H14N4. The van der Waals surface area contributed by atoms with Gasteiger partial charge in [0, 0.05) is 0 Å². The van der Waals surface area contributed by atoms with Crippen LogP contribution in [-0.4, -0.2) is 12.2 Å². The van der Waals surface area contributed by atoms with Gasteiger partial charge in [0.25, 0.3) is 0 Å². The quantitative estimate of drug-likeness (QED) is 0.438. The first kappa shape index (κ1) is 9.71. The third-order valence-electron chi connectivity index (χ3n) is 2.37. The topological polar surface area (TPSA) is 76.8 Å². The molecule has 0 aliphatic heterocycles. The monoisotopic (exact) mass is 202 g/mol. The Morgan fingerprint density at radius 1 is 1.20 bits per heavy atom. The Bertz CT molecular complexity index is 384. The Labute approximate surface area is 88.7 Å². The van der Waals surface area contributed by atoms with Gasteiger partial charge in [-0.25, -0.2) is 0 Å². The fraction of sp³-hybridized carbons (Fsp3) is 0.273. The summed E-state index contributed by atoms with van der Waals surface area (Å²) in [6, 6.07) is 8.32. The van der Waals surface area contributed by atoms with Crippen LogP contribution in [0.15, 0.2) is 34.5 Å². The van der Waals surface area contributed by atoms with Crippen molar-refractivity contribution in [2.24, 2.45) is 21.7 Å². The van der Waals surface area contributed by atoms with Crippen LogP contribution in [0.5, 0.6) is 0 Å². The second kappa shape index (κ2) is 4.13. The van der Waals surface area contributed by atoms with Crippen molar-refractivity contribution < 1.29 is 0 Å². The molecule has 0 radical (unpaired) electrons. The van der Waals surface area contributed by atoms with Gasteiger partial charge in [-0.05, 0) is 29.9 Å². The van der Waals surface area contributed by atoms with E-state index in [1.165, 1.54) is 18.4 Å². The summed E-state index contributed by atoms with van der Waals surface area (Å²) < 4.78 is 0. The summed E-state index contributed by atoms with van der Waals surface area (Å²) in [5.41, 5.74) is 12.7. The van der Waals surface area contributed by atoms with Gasteiger partial charge in [0.05, 0.1) is 6.21 Å². The molecule has 1 aliphatic rings. The number of benzene rings is 1. The maximum Gasteiger partial charge on any atom is 0.211 e. The highest BCUT2D eigenvalue weighted by molar-refractivity contribution is 5.81. The SMILES string of the molecule is NC(N)=NN=Cc1ccc(C2CC2)cc1. The van der Waals surface area contributed by atoms with Crippen molar-refractivity contribution in [3.63, 3.8) is 0 Å². The molecule has 4 N–H and O–H groups in total. The van der Waals surface area contributed by atoms with Crippen LogP contribution in [0.2, 0.25) is 0 Å². The first-order valence-corrected chi connectivity index (χ1v) is 4.97. The van der Waals surface area contributed by atoms with Crippen LogP contribution in [0.4, 0.5) is 0 Å². The molecule has 0 atom stereocenters. The van der Waals surface area contributed by atoms with Crippen molar-refractivity contribution in [1.29, 1.82) is 0 Å². The first-order chi connectivity index (χ1) is 7.25. The molecule has 0 spiro atoms. The lowest BCUT2D eigenvalue weighted by Crippen LogP contribution is -2.21. The second-order valence-electron chi connectivity index (χ2n) is 3.71. The fourth-order valence-corrected chi connectivity index (χ4v) is 1.43. The van der Waals surface area contributed by atoms with Crippen LogP contribution >= 0.6 is 0 Å². The van der Waals surface area contributed by atoms with Crippen molar-refractivity contribution in [2.45, 2.75) is 18.8 Å². The predicted molar refractivity (Wildman–Crippen MR) is 61.8 cm³/mol. The molecule has 0 saturated heterocycles. The fourth-order valence-electron chi connectivity index (χ4n) is 1.43. The molecule has 1 aliphatic carbocycles. The molecule has 1 aromatic rings. The molecule has 0 bridgehead atoms. The normalized spacial score (nSPS) is 15.5. The third-order valence-corrected chi connectivity index (χ3v) is 2.37. The third kappa shape index (κ3) is 2.80.